The van der Waals surface area contributed by atoms with Crippen LogP contribution in [0.25, 0.3) is 10.2 Å². The Morgan fingerprint density at radius 1 is 1.47 bits per heavy atom. The van der Waals surface area contributed by atoms with Crippen LogP contribution in [0.4, 0.5) is 0 Å². The monoisotopic (exact) mass is 301 g/mol. The number of aromatic nitrogens is 1. The van der Waals surface area contributed by atoms with Crippen LogP contribution in [0.3, 0.4) is 0 Å². The van der Waals surface area contributed by atoms with Crippen molar-refractivity contribution in [2.75, 3.05) is 11.1 Å². The zero-order chi connectivity index (χ0) is 10.7. The summed E-state index contributed by atoms with van der Waals surface area (Å²) in [5, 5.41) is 1.06. The van der Waals surface area contributed by atoms with Gasteiger partial charge in [-0.15, -0.1) is 11.3 Å². The van der Waals surface area contributed by atoms with E-state index in [0.717, 1.165) is 16.6 Å². The molecular formula is C11H12BrNS2. The average molecular weight is 302 g/mol. The quantitative estimate of drug-likeness (QED) is 0.612. The molecule has 2 rings (SSSR count). The van der Waals surface area contributed by atoms with Crippen molar-refractivity contribution in [2.24, 2.45) is 5.92 Å². The molecule has 1 aromatic carbocycles. The third-order valence-electron chi connectivity index (χ3n) is 2.03. The molecule has 15 heavy (non-hydrogen) atoms. The minimum absolute atomic E-state index is 0.696. The molecular weight excluding hydrogens is 290 g/mol. The molecule has 0 saturated heterocycles. The number of thiazole rings is 1. The third kappa shape index (κ3) is 2.95. The highest BCUT2D eigenvalue weighted by Gasteiger charge is 2.06. The SMILES string of the molecule is CC(CBr)CSc1nc2ccccc2s1. The number of hydrogen-bond donors (Lipinski definition) is 0. The van der Waals surface area contributed by atoms with E-state index in [1.807, 2.05) is 17.8 Å². The Kier molecular flexibility index (Phi) is 4.05. The number of thioether (sulfide) groups is 1. The van der Waals surface area contributed by atoms with Gasteiger partial charge >= 0.3 is 0 Å². The zero-order valence-corrected chi connectivity index (χ0v) is 11.7. The second-order valence-corrected chi connectivity index (χ2v) is 6.46. The van der Waals surface area contributed by atoms with Crippen LogP contribution in [0.1, 0.15) is 6.92 Å². The lowest BCUT2D eigenvalue weighted by atomic mass is 10.3. The highest BCUT2D eigenvalue weighted by Crippen LogP contribution is 2.30. The predicted molar refractivity (Wildman–Crippen MR) is 73.3 cm³/mol. The number of benzene rings is 1. The third-order valence-corrected chi connectivity index (χ3v) is 5.64. The van der Waals surface area contributed by atoms with Crippen molar-refractivity contribution in [3.8, 4) is 0 Å². The van der Waals surface area contributed by atoms with E-state index >= 15 is 0 Å². The molecule has 0 aliphatic carbocycles. The van der Waals surface area contributed by atoms with Gasteiger partial charge in [0.25, 0.3) is 0 Å². The van der Waals surface area contributed by atoms with Crippen molar-refractivity contribution < 1.29 is 0 Å². The van der Waals surface area contributed by atoms with E-state index in [4.69, 9.17) is 0 Å². The van der Waals surface area contributed by atoms with E-state index in [9.17, 15) is 0 Å². The van der Waals surface area contributed by atoms with Gasteiger partial charge in [-0.3, -0.25) is 0 Å². The minimum atomic E-state index is 0.696. The Morgan fingerprint density at radius 2 is 2.27 bits per heavy atom. The van der Waals surface area contributed by atoms with Gasteiger partial charge in [0.05, 0.1) is 10.2 Å². The summed E-state index contributed by atoms with van der Waals surface area (Å²) >= 11 is 7.14. The second-order valence-electron chi connectivity index (χ2n) is 3.52. The molecule has 1 atom stereocenters. The lowest BCUT2D eigenvalue weighted by Crippen LogP contribution is -1.98. The van der Waals surface area contributed by atoms with Crippen LogP contribution >= 0.6 is 39.0 Å². The van der Waals surface area contributed by atoms with Crippen molar-refractivity contribution in [2.45, 2.75) is 11.3 Å². The van der Waals surface area contributed by atoms with E-state index in [1.165, 1.54) is 9.04 Å². The lowest BCUT2D eigenvalue weighted by molar-refractivity contribution is 0.770. The topological polar surface area (TPSA) is 12.9 Å². The van der Waals surface area contributed by atoms with Crippen LogP contribution in [-0.4, -0.2) is 16.1 Å². The maximum Gasteiger partial charge on any atom is 0.151 e. The Bertz CT molecular complexity index is 408. The number of hydrogen-bond acceptors (Lipinski definition) is 3. The molecule has 1 unspecified atom stereocenters. The van der Waals surface area contributed by atoms with E-state index in [2.05, 4.69) is 46.0 Å². The first-order chi connectivity index (χ1) is 7.29. The minimum Gasteiger partial charge on any atom is -0.230 e. The Hall–Kier alpha value is -0.0600. The fourth-order valence-corrected chi connectivity index (χ4v) is 3.82. The fraction of sp³-hybridized carbons (Fsp3) is 0.364. The van der Waals surface area contributed by atoms with Gasteiger partial charge in [-0.1, -0.05) is 46.7 Å². The van der Waals surface area contributed by atoms with Crippen molar-refractivity contribution in [1.29, 1.82) is 0 Å². The highest BCUT2D eigenvalue weighted by molar-refractivity contribution is 9.09. The Balaban J connectivity index is 2.09. The summed E-state index contributed by atoms with van der Waals surface area (Å²) in [4.78, 5) is 4.59. The van der Waals surface area contributed by atoms with Crippen molar-refractivity contribution in [1.82, 2.24) is 4.98 Å². The molecule has 0 bridgehead atoms. The maximum atomic E-state index is 4.59. The average Bonchev–Trinajstić information content (AvgIpc) is 2.68. The second kappa shape index (κ2) is 5.32. The van der Waals surface area contributed by atoms with Crippen LogP contribution in [0.15, 0.2) is 28.6 Å². The van der Waals surface area contributed by atoms with Crippen molar-refractivity contribution >= 4 is 49.2 Å². The summed E-state index contributed by atoms with van der Waals surface area (Å²) < 4.78 is 2.47. The maximum absolute atomic E-state index is 4.59. The molecule has 0 amide bonds. The number of rotatable bonds is 4. The van der Waals surface area contributed by atoms with Crippen LogP contribution in [0, 0.1) is 5.92 Å². The molecule has 0 aliphatic rings. The number of nitrogens with zero attached hydrogens (tertiary/aromatic N) is 1. The summed E-state index contributed by atoms with van der Waals surface area (Å²) in [6.07, 6.45) is 0. The van der Waals surface area contributed by atoms with E-state index in [1.54, 1.807) is 11.3 Å². The molecule has 1 heterocycles. The first kappa shape index (κ1) is 11.4. The van der Waals surface area contributed by atoms with Crippen LogP contribution < -0.4 is 0 Å². The molecule has 0 spiro atoms. The fourth-order valence-electron chi connectivity index (χ4n) is 1.17. The van der Waals surface area contributed by atoms with Crippen molar-refractivity contribution in [3.05, 3.63) is 24.3 Å². The Morgan fingerprint density at radius 3 is 3.00 bits per heavy atom. The summed E-state index contributed by atoms with van der Waals surface area (Å²) in [6, 6.07) is 8.31. The van der Waals surface area contributed by atoms with Crippen LogP contribution in [-0.2, 0) is 0 Å². The van der Waals surface area contributed by atoms with Crippen LogP contribution in [0.5, 0.6) is 0 Å². The molecule has 0 fully saturated rings. The van der Waals surface area contributed by atoms with E-state index in [-0.39, 0.29) is 0 Å². The highest BCUT2D eigenvalue weighted by atomic mass is 79.9. The Labute approximate surface area is 106 Å². The zero-order valence-electron chi connectivity index (χ0n) is 8.44. The summed E-state index contributed by atoms with van der Waals surface area (Å²) in [5.41, 5.74) is 1.12. The van der Waals surface area contributed by atoms with Gasteiger partial charge in [0.2, 0.25) is 0 Å². The van der Waals surface area contributed by atoms with Crippen molar-refractivity contribution in [3.63, 3.8) is 0 Å². The molecule has 4 heteroatoms. The van der Waals surface area contributed by atoms with E-state index in [0.29, 0.717) is 5.92 Å². The molecule has 0 aliphatic heterocycles. The largest absolute Gasteiger partial charge is 0.230 e. The lowest BCUT2D eigenvalue weighted by Gasteiger charge is -2.03. The summed E-state index contributed by atoms with van der Waals surface area (Å²) in [7, 11) is 0. The number of para-hydroxylation sites is 1. The van der Waals surface area contributed by atoms with Gasteiger partial charge < -0.3 is 0 Å². The number of fused-ring (bicyclic) bond motifs is 1. The van der Waals surface area contributed by atoms with Gasteiger partial charge in [-0.05, 0) is 18.1 Å². The number of halogens is 1. The first-order valence-corrected chi connectivity index (χ1v) is 7.76. The number of alkyl halides is 1. The predicted octanol–water partition coefficient (Wildman–Crippen LogP) is 4.42. The van der Waals surface area contributed by atoms with E-state index < -0.39 is 0 Å². The first-order valence-electron chi connectivity index (χ1n) is 4.84. The molecule has 1 aromatic heterocycles. The molecule has 0 N–H and O–H groups in total. The summed E-state index contributed by atoms with van der Waals surface area (Å²) in [6.45, 7) is 2.25. The molecule has 2 aromatic rings. The summed E-state index contributed by atoms with van der Waals surface area (Å²) in [5.74, 6) is 1.83. The molecule has 1 nitrogen and oxygen atoms in total. The smallest absolute Gasteiger partial charge is 0.151 e. The standard InChI is InChI=1S/C11H12BrNS2/c1-8(6-12)7-14-11-13-9-4-2-3-5-10(9)15-11/h2-5,8H,6-7H2,1H3. The van der Waals surface area contributed by atoms with Gasteiger partial charge in [0, 0.05) is 11.1 Å². The van der Waals surface area contributed by atoms with Crippen LogP contribution in [0.2, 0.25) is 0 Å². The van der Waals surface area contributed by atoms with Gasteiger partial charge in [-0.25, -0.2) is 4.98 Å². The van der Waals surface area contributed by atoms with Gasteiger partial charge in [-0.2, -0.15) is 0 Å². The molecule has 0 saturated carbocycles. The van der Waals surface area contributed by atoms with Gasteiger partial charge in [0.1, 0.15) is 0 Å². The molecule has 80 valence electrons. The normalized spacial score (nSPS) is 13.2. The van der Waals surface area contributed by atoms with Gasteiger partial charge in [0.15, 0.2) is 4.34 Å². The molecule has 0 radical (unpaired) electrons.